The van der Waals surface area contributed by atoms with Crippen molar-refractivity contribution in [3.05, 3.63) is 83.1 Å². The highest BCUT2D eigenvalue weighted by atomic mass is 35.5. The fourth-order valence-electron chi connectivity index (χ4n) is 6.11. The van der Waals surface area contributed by atoms with E-state index in [0.29, 0.717) is 134 Å². The number of anilines is 2. The molecule has 306 valence electrons. The standard InChI is InChI=1S/C21H20ClN3O5.C20H18ClN3O5/c1-3-23-21(26)25-14-5-4-12(10-13(14)22)30-16-6-7-24-15-11-17(27-2)19-20(18(15)16)29-9-8-28-19;1-22-20(25)24-13-4-3-11(9-12(13)21)29-15-5-6-23-14-10-16(26-2)18-19(17(14)15)28-8-7-27-18/h4-7,10-11H,3,8-9H2,1-2H3,(H2,23,25,26);3-6,9-10H,7-8H2,1-2H3,(H2,22,24,25). The maximum atomic E-state index is 11.7. The molecule has 18 heteroatoms. The van der Waals surface area contributed by atoms with Crippen LogP contribution in [0.1, 0.15) is 6.92 Å². The van der Waals surface area contributed by atoms with Crippen molar-refractivity contribution in [3.63, 3.8) is 0 Å². The van der Waals surface area contributed by atoms with E-state index in [1.165, 1.54) is 7.05 Å². The molecule has 4 amide bonds. The minimum atomic E-state index is -0.363. The maximum absolute atomic E-state index is 11.7. The summed E-state index contributed by atoms with van der Waals surface area (Å²) in [5.41, 5.74) is 2.24. The van der Waals surface area contributed by atoms with E-state index < -0.39 is 0 Å². The average Bonchev–Trinajstić information content (AvgIpc) is 3.25. The number of aromatic nitrogens is 2. The summed E-state index contributed by atoms with van der Waals surface area (Å²) in [5.74, 6) is 5.24. The van der Waals surface area contributed by atoms with Gasteiger partial charge in [0.2, 0.25) is 11.5 Å². The number of benzene rings is 4. The van der Waals surface area contributed by atoms with Crippen LogP contribution in [0.3, 0.4) is 0 Å². The maximum Gasteiger partial charge on any atom is 0.319 e. The summed E-state index contributed by atoms with van der Waals surface area (Å²) >= 11 is 12.6. The number of ether oxygens (including phenoxy) is 8. The number of nitrogens with zero attached hydrogens (tertiary/aromatic N) is 2. The van der Waals surface area contributed by atoms with Crippen molar-refractivity contribution in [3.8, 4) is 57.5 Å². The Morgan fingerprint density at radius 1 is 0.627 bits per heavy atom. The number of carbonyl (C=O) groups excluding carboxylic acids is 2. The molecular weight excluding hydrogens is 807 g/mol. The van der Waals surface area contributed by atoms with Crippen LogP contribution in [0.5, 0.6) is 57.5 Å². The van der Waals surface area contributed by atoms with Gasteiger partial charge in [0.05, 0.1) is 57.4 Å². The first-order chi connectivity index (χ1) is 28.7. The number of nitrogens with one attached hydrogen (secondary N) is 4. The molecule has 8 rings (SSSR count). The summed E-state index contributed by atoms with van der Waals surface area (Å²) in [6.07, 6.45) is 3.27. The molecule has 2 aliphatic rings. The van der Waals surface area contributed by atoms with Crippen LogP contribution in [-0.2, 0) is 0 Å². The Balaban J connectivity index is 0.000000179. The molecule has 0 saturated heterocycles. The molecule has 2 aliphatic heterocycles. The topological polar surface area (TPSA) is 182 Å². The van der Waals surface area contributed by atoms with Gasteiger partial charge in [-0.25, -0.2) is 9.59 Å². The van der Waals surface area contributed by atoms with Crippen LogP contribution < -0.4 is 59.2 Å². The highest BCUT2D eigenvalue weighted by Gasteiger charge is 2.26. The minimum absolute atomic E-state index is 0.328. The zero-order valence-electron chi connectivity index (χ0n) is 32.2. The third kappa shape index (κ3) is 8.88. The lowest BCUT2D eigenvalue weighted by atomic mass is 10.1. The smallest absolute Gasteiger partial charge is 0.319 e. The van der Waals surface area contributed by atoms with Gasteiger partial charge in [-0.1, -0.05) is 23.2 Å². The van der Waals surface area contributed by atoms with Gasteiger partial charge in [0.15, 0.2) is 23.0 Å². The van der Waals surface area contributed by atoms with E-state index in [0.717, 1.165) is 0 Å². The molecule has 4 heterocycles. The first-order valence-electron chi connectivity index (χ1n) is 18.2. The van der Waals surface area contributed by atoms with Crippen molar-refractivity contribution in [2.24, 2.45) is 0 Å². The van der Waals surface area contributed by atoms with E-state index in [1.54, 1.807) is 87.3 Å². The highest BCUT2D eigenvalue weighted by molar-refractivity contribution is 6.34. The van der Waals surface area contributed by atoms with Crippen LogP contribution in [0.4, 0.5) is 21.0 Å². The minimum Gasteiger partial charge on any atom is -0.493 e. The van der Waals surface area contributed by atoms with Gasteiger partial charge in [-0.05, 0) is 43.3 Å². The van der Waals surface area contributed by atoms with Crippen molar-refractivity contribution in [1.29, 1.82) is 0 Å². The zero-order chi connectivity index (χ0) is 41.5. The Morgan fingerprint density at radius 2 is 1.07 bits per heavy atom. The predicted molar refractivity (Wildman–Crippen MR) is 222 cm³/mol. The summed E-state index contributed by atoms with van der Waals surface area (Å²) in [6, 6.07) is 16.3. The average molecular weight is 846 g/mol. The number of amides is 4. The Hall–Kier alpha value is -6.78. The number of hydrogen-bond acceptors (Lipinski definition) is 12. The van der Waals surface area contributed by atoms with Crippen molar-refractivity contribution >= 4 is 68.4 Å². The molecule has 0 atom stereocenters. The van der Waals surface area contributed by atoms with E-state index >= 15 is 0 Å². The summed E-state index contributed by atoms with van der Waals surface area (Å²) in [4.78, 5) is 32.0. The van der Waals surface area contributed by atoms with Crippen LogP contribution >= 0.6 is 23.2 Å². The molecule has 0 fully saturated rings. The molecule has 0 bridgehead atoms. The van der Waals surface area contributed by atoms with Crippen molar-refractivity contribution in [2.45, 2.75) is 6.92 Å². The monoisotopic (exact) mass is 844 g/mol. The number of fused-ring (bicyclic) bond motifs is 6. The van der Waals surface area contributed by atoms with Crippen LogP contribution in [0.25, 0.3) is 21.8 Å². The molecule has 4 N–H and O–H groups in total. The van der Waals surface area contributed by atoms with Gasteiger partial charge in [0.1, 0.15) is 49.4 Å². The highest BCUT2D eigenvalue weighted by Crippen LogP contribution is 2.50. The number of carbonyl (C=O) groups is 2. The summed E-state index contributed by atoms with van der Waals surface area (Å²) < 4.78 is 46.2. The van der Waals surface area contributed by atoms with Crippen LogP contribution in [0, 0.1) is 0 Å². The number of pyridine rings is 2. The lowest BCUT2D eigenvalue weighted by molar-refractivity contribution is 0.167. The van der Waals surface area contributed by atoms with Crippen LogP contribution in [0.2, 0.25) is 10.0 Å². The van der Waals surface area contributed by atoms with E-state index in [9.17, 15) is 9.59 Å². The number of methoxy groups -OCH3 is 2. The van der Waals surface area contributed by atoms with Gasteiger partial charge in [-0.15, -0.1) is 0 Å². The summed E-state index contributed by atoms with van der Waals surface area (Å²) in [5, 5.41) is 12.5. The second-order valence-electron chi connectivity index (χ2n) is 12.5. The third-order valence-electron chi connectivity index (χ3n) is 8.72. The molecule has 0 saturated carbocycles. The number of rotatable bonds is 9. The van der Waals surface area contributed by atoms with Gasteiger partial charge < -0.3 is 59.2 Å². The van der Waals surface area contributed by atoms with E-state index in [-0.39, 0.29) is 12.1 Å². The quantitative estimate of drug-likeness (QED) is 0.109. The van der Waals surface area contributed by atoms with Crippen LogP contribution in [-0.4, -0.2) is 76.3 Å². The lowest BCUT2D eigenvalue weighted by Crippen LogP contribution is -2.28. The Labute approximate surface area is 347 Å². The van der Waals surface area contributed by atoms with Gasteiger partial charge in [0, 0.05) is 50.3 Å². The zero-order valence-corrected chi connectivity index (χ0v) is 33.7. The number of hydrogen-bond donors (Lipinski definition) is 4. The van der Waals surface area contributed by atoms with Crippen molar-refractivity contribution in [2.75, 3.05) is 64.9 Å². The molecular formula is C41H38Cl2N6O10. The first kappa shape index (κ1) is 40.4. The molecule has 16 nitrogen and oxygen atoms in total. The fraction of sp³-hybridized carbons (Fsp3) is 0.220. The molecule has 6 aromatic rings. The number of halogens is 2. The Morgan fingerprint density at radius 3 is 1.47 bits per heavy atom. The molecule has 0 unspecified atom stereocenters. The molecule has 59 heavy (non-hydrogen) atoms. The second kappa shape index (κ2) is 18.2. The molecule has 0 radical (unpaired) electrons. The van der Waals surface area contributed by atoms with E-state index in [1.807, 2.05) is 6.92 Å². The van der Waals surface area contributed by atoms with Crippen molar-refractivity contribution in [1.82, 2.24) is 20.6 Å². The largest absolute Gasteiger partial charge is 0.493 e. The fourth-order valence-corrected chi connectivity index (χ4v) is 6.54. The predicted octanol–water partition coefficient (Wildman–Crippen LogP) is 8.81. The normalized spacial score (nSPS) is 12.4. The van der Waals surface area contributed by atoms with Gasteiger partial charge >= 0.3 is 12.1 Å². The Bertz CT molecular complexity index is 2540. The summed E-state index contributed by atoms with van der Waals surface area (Å²) in [6.45, 7) is 4.04. The molecule has 0 spiro atoms. The van der Waals surface area contributed by atoms with Crippen LogP contribution in [0.15, 0.2) is 73.1 Å². The summed E-state index contributed by atoms with van der Waals surface area (Å²) in [7, 11) is 4.66. The molecule has 0 aliphatic carbocycles. The second-order valence-corrected chi connectivity index (χ2v) is 13.3. The van der Waals surface area contributed by atoms with Gasteiger partial charge in [-0.2, -0.15) is 0 Å². The van der Waals surface area contributed by atoms with E-state index in [2.05, 4.69) is 31.2 Å². The Kier molecular flexibility index (Phi) is 12.5. The third-order valence-corrected chi connectivity index (χ3v) is 9.35. The SMILES string of the molecule is CCNC(=O)Nc1ccc(Oc2ccnc3cc(OC)c4c(c23)OCCO4)cc1Cl.CNC(=O)Nc1ccc(Oc2ccnc3cc(OC)c4c(c23)OCCO4)cc1Cl. The molecule has 4 aromatic carbocycles. The number of urea groups is 2. The van der Waals surface area contributed by atoms with Gasteiger partial charge in [-0.3, -0.25) is 9.97 Å². The van der Waals surface area contributed by atoms with E-state index in [4.69, 9.17) is 61.1 Å². The first-order valence-corrected chi connectivity index (χ1v) is 19.0. The molecule has 2 aromatic heterocycles. The van der Waals surface area contributed by atoms with Crippen molar-refractivity contribution < 1.29 is 47.5 Å². The van der Waals surface area contributed by atoms with Gasteiger partial charge in [0.25, 0.3) is 0 Å². The lowest BCUT2D eigenvalue weighted by Gasteiger charge is -2.23.